The molecule has 1 aliphatic heterocycles. The Kier molecular flexibility index (Phi) is 4.76. The Morgan fingerprint density at radius 3 is 2.43 bits per heavy atom. The minimum absolute atomic E-state index is 0.0911. The van der Waals surface area contributed by atoms with Gasteiger partial charge in [0.25, 0.3) is 5.69 Å². The van der Waals surface area contributed by atoms with Gasteiger partial charge in [-0.05, 0) is 25.0 Å². The topological polar surface area (TPSA) is 75.5 Å². The molecule has 6 nitrogen and oxygen atoms in total. The van der Waals surface area contributed by atoms with Crippen molar-refractivity contribution in [3.63, 3.8) is 0 Å². The number of amides is 1. The molecular weight excluding hydrogens is 315 g/mol. The van der Waals surface area contributed by atoms with Gasteiger partial charge in [0, 0.05) is 32.1 Å². The first-order chi connectivity index (χ1) is 10.7. The van der Waals surface area contributed by atoms with E-state index >= 15 is 0 Å². The van der Waals surface area contributed by atoms with E-state index in [9.17, 15) is 28.1 Å². The van der Waals surface area contributed by atoms with Crippen molar-refractivity contribution in [2.45, 2.75) is 19.0 Å². The predicted molar refractivity (Wildman–Crippen MR) is 77.1 cm³/mol. The summed E-state index contributed by atoms with van der Waals surface area (Å²) in [5.74, 6) is -0.267. The van der Waals surface area contributed by atoms with Gasteiger partial charge in [0.15, 0.2) is 0 Å². The first-order valence-electron chi connectivity index (χ1n) is 7.06. The van der Waals surface area contributed by atoms with Gasteiger partial charge in [0.1, 0.15) is 5.69 Å². The number of rotatable bonds is 3. The average Bonchev–Trinajstić information content (AvgIpc) is 2.52. The van der Waals surface area contributed by atoms with Crippen molar-refractivity contribution in [1.29, 1.82) is 0 Å². The Hall–Kier alpha value is -2.32. The molecule has 23 heavy (non-hydrogen) atoms. The number of carbonyl (C=O) groups excluding carboxylic acids is 1. The molecule has 0 bridgehead atoms. The third kappa shape index (κ3) is 3.72. The Labute approximate surface area is 130 Å². The SMILES string of the molecule is CNC(=O)C1CCN(c2ccc(C(F)(F)F)cc2[N+](=O)[O-])CC1. The maximum atomic E-state index is 12.7. The zero-order valence-electron chi connectivity index (χ0n) is 12.4. The lowest BCUT2D eigenvalue weighted by Crippen LogP contribution is -2.39. The quantitative estimate of drug-likeness (QED) is 0.682. The van der Waals surface area contributed by atoms with Crippen LogP contribution in [0.1, 0.15) is 18.4 Å². The minimum Gasteiger partial charge on any atom is -0.366 e. The predicted octanol–water partition coefficient (Wildman–Crippen LogP) is 2.58. The van der Waals surface area contributed by atoms with E-state index in [0.29, 0.717) is 32.0 Å². The standard InChI is InChI=1S/C14H16F3N3O3/c1-18-13(21)9-4-6-19(7-5-9)11-3-2-10(14(15,16)17)8-12(11)20(22)23/h2-3,8-9H,4-7H2,1H3,(H,18,21). The Bertz CT molecular complexity index is 611. The molecular formula is C14H16F3N3O3. The van der Waals surface area contributed by atoms with Gasteiger partial charge in [-0.2, -0.15) is 13.2 Å². The monoisotopic (exact) mass is 331 g/mol. The van der Waals surface area contributed by atoms with Crippen LogP contribution < -0.4 is 10.2 Å². The fraction of sp³-hybridized carbons (Fsp3) is 0.500. The lowest BCUT2D eigenvalue weighted by molar-refractivity contribution is -0.384. The van der Waals surface area contributed by atoms with Crippen LogP contribution in [0.2, 0.25) is 0 Å². The van der Waals surface area contributed by atoms with Gasteiger partial charge in [-0.25, -0.2) is 0 Å². The molecule has 1 amide bonds. The van der Waals surface area contributed by atoms with E-state index in [1.54, 1.807) is 4.90 Å². The molecule has 0 aliphatic carbocycles. The molecule has 0 radical (unpaired) electrons. The van der Waals surface area contributed by atoms with Crippen molar-refractivity contribution in [1.82, 2.24) is 5.32 Å². The molecule has 1 aliphatic rings. The van der Waals surface area contributed by atoms with Crippen LogP contribution in [0.4, 0.5) is 24.5 Å². The molecule has 0 unspecified atom stereocenters. The van der Waals surface area contributed by atoms with Crippen molar-refractivity contribution >= 4 is 17.3 Å². The first kappa shape index (κ1) is 17.0. The molecule has 9 heteroatoms. The molecule has 0 aromatic heterocycles. The Balaban J connectivity index is 2.23. The fourth-order valence-electron chi connectivity index (χ4n) is 2.70. The molecule has 1 N–H and O–H groups in total. The van der Waals surface area contributed by atoms with Crippen molar-refractivity contribution < 1.29 is 22.9 Å². The Morgan fingerprint density at radius 2 is 1.96 bits per heavy atom. The van der Waals surface area contributed by atoms with Gasteiger partial charge in [0.05, 0.1) is 10.5 Å². The summed E-state index contributed by atoms with van der Waals surface area (Å²) in [4.78, 5) is 23.5. The third-order valence-electron chi connectivity index (χ3n) is 3.95. The van der Waals surface area contributed by atoms with E-state index in [1.165, 1.54) is 7.05 Å². The number of hydrogen-bond donors (Lipinski definition) is 1. The third-order valence-corrected chi connectivity index (χ3v) is 3.95. The number of nitrogens with zero attached hydrogens (tertiary/aromatic N) is 2. The molecule has 1 aromatic carbocycles. The Morgan fingerprint density at radius 1 is 1.35 bits per heavy atom. The fourth-order valence-corrected chi connectivity index (χ4v) is 2.70. The maximum Gasteiger partial charge on any atom is 0.416 e. The number of nitro groups is 1. The summed E-state index contributed by atoms with van der Waals surface area (Å²) < 4.78 is 38.1. The summed E-state index contributed by atoms with van der Waals surface area (Å²) in [5.41, 5.74) is -1.47. The zero-order chi connectivity index (χ0) is 17.2. The molecule has 126 valence electrons. The van der Waals surface area contributed by atoms with E-state index in [-0.39, 0.29) is 17.5 Å². The number of nitro benzene ring substituents is 1. The summed E-state index contributed by atoms with van der Waals surface area (Å²) >= 11 is 0. The van der Waals surface area contributed by atoms with Crippen LogP contribution in [-0.4, -0.2) is 31.0 Å². The van der Waals surface area contributed by atoms with Crippen molar-refractivity contribution in [2.24, 2.45) is 5.92 Å². The van der Waals surface area contributed by atoms with E-state index < -0.39 is 22.4 Å². The smallest absolute Gasteiger partial charge is 0.366 e. The summed E-state index contributed by atoms with van der Waals surface area (Å²) in [6, 6.07) is 2.52. The highest BCUT2D eigenvalue weighted by molar-refractivity contribution is 5.78. The van der Waals surface area contributed by atoms with Crippen LogP contribution in [0, 0.1) is 16.0 Å². The van der Waals surface area contributed by atoms with E-state index in [4.69, 9.17) is 0 Å². The first-order valence-corrected chi connectivity index (χ1v) is 7.06. The summed E-state index contributed by atoms with van der Waals surface area (Å²) in [6.07, 6.45) is -3.63. The molecule has 1 saturated heterocycles. The maximum absolute atomic E-state index is 12.7. The molecule has 0 spiro atoms. The lowest BCUT2D eigenvalue weighted by atomic mass is 9.95. The number of halogens is 3. The second kappa shape index (κ2) is 6.43. The largest absolute Gasteiger partial charge is 0.416 e. The number of hydrogen-bond acceptors (Lipinski definition) is 4. The molecule has 0 saturated carbocycles. The van der Waals surface area contributed by atoms with Crippen molar-refractivity contribution in [3.8, 4) is 0 Å². The van der Waals surface area contributed by atoms with Crippen LogP contribution in [0.25, 0.3) is 0 Å². The summed E-state index contributed by atoms with van der Waals surface area (Å²) in [7, 11) is 1.54. The molecule has 1 heterocycles. The molecule has 2 rings (SSSR count). The second-order valence-corrected chi connectivity index (χ2v) is 5.33. The molecule has 1 fully saturated rings. The van der Waals surface area contributed by atoms with Crippen LogP contribution in [0.3, 0.4) is 0 Å². The van der Waals surface area contributed by atoms with E-state index in [1.807, 2.05) is 0 Å². The highest BCUT2D eigenvalue weighted by Gasteiger charge is 2.34. The number of alkyl halides is 3. The highest BCUT2D eigenvalue weighted by atomic mass is 19.4. The number of nitrogens with one attached hydrogen (secondary N) is 1. The van der Waals surface area contributed by atoms with Crippen molar-refractivity contribution in [3.05, 3.63) is 33.9 Å². The number of carbonyl (C=O) groups is 1. The van der Waals surface area contributed by atoms with Crippen LogP contribution in [0.5, 0.6) is 0 Å². The lowest BCUT2D eigenvalue weighted by Gasteiger charge is -2.32. The van der Waals surface area contributed by atoms with E-state index in [0.717, 1.165) is 12.1 Å². The van der Waals surface area contributed by atoms with Gasteiger partial charge in [0.2, 0.25) is 5.91 Å². The van der Waals surface area contributed by atoms with Crippen LogP contribution in [-0.2, 0) is 11.0 Å². The summed E-state index contributed by atoms with van der Waals surface area (Å²) in [5, 5.41) is 13.7. The van der Waals surface area contributed by atoms with Crippen LogP contribution >= 0.6 is 0 Å². The highest BCUT2D eigenvalue weighted by Crippen LogP contribution is 2.37. The molecule has 1 aromatic rings. The van der Waals surface area contributed by atoms with Gasteiger partial charge in [-0.15, -0.1) is 0 Å². The normalized spacial score (nSPS) is 16.3. The zero-order valence-corrected chi connectivity index (χ0v) is 12.4. The number of benzene rings is 1. The van der Waals surface area contributed by atoms with Gasteiger partial charge in [-0.3, -0.25) is 14.9 Å². The van der Waals surface area contributed by atoms with Gasteiger partial charge >= 0.3 is 6.18 Å². The number of anilines is 1. The van der Waals surface area contributed by atoms with E-state index in [2.05, 4.69) is 5.32 Å². The second-order valence-electron chi connectivity index (χ2n) is 5.33. The number of piperidine rings is 1. The molecule has 0 atom stereocenters. The van der Waals surface area contributed by atoms with Gasteiger partial charge < -0.3 is 10.2 Å². The summed E-state index contributed by atoms with van der Waals surface area (Å²) in [6.45, 7) is 0.759. The van der Waals surface area contributed by atoms with Crippen molar-refractivity contribution in [2.75, 3.05) is 25.0 Å². The minimum atomic E-state index is -4.63. The average molecular weight is 331 g/mol. The van der Waals surface area contributed by atoms with Gasteiger partial charge in [-0.1, -0.05) is 0 Å². The van der Waals surface area contributed by atoms with Crippen LogP contribution in [0.15, 0.2) is 18.2 Å².